The van der Waals surface area contributed by atoms with Crippen LogP contribution in [0, 0.1) is 0 Å². The minimum Gasteiger partial charge on any atom is -0.494 e. The highest BCUT2D eigenvalue weighted by atomic mass is 16.5. The number of hydrogen-bond donors (Lipinski definition) is 1. The van der Waals surface area contributed by atoms with Gasteiger partial charge in [-0.15, -0.1) is 0 Å². The van der Waals surface area contributed by atoms with Crippen molar-refractivity contribution in [2.24, 2.45) is 0 Å². The monoisotopic (exact) mass is 364 g/mol. The number of carbonyl (C=O) groups is 2. The van der Waals surface area contributed by atoms with E-state index in [-0.39, 0.29) is 24.5 Å². The summed E-state index contributed by atoms with van der Waals surface area (Å²) in [5, 5.41) is 2.99. The van der Waals surface area contributed by atoms with Crippen LogP contribution in [0.3, 0.4) is 0 Å². The van der Waals surface area contributed by atoms with E-state index in [1.54, 1.807) is 24.1 Å². The molecule has 144 valence electrons. The van der Waals surface area contributed by atoms with Crippen molar-refractivity contribution in [1.82, 2.24) is 10.2 Å². The van der Waals surface area contributed by atoms with Crippen molar-refractivity contribution in [3.05, 3.63) is 24.3 Å². The fourth-order valence-corrected chi connectivity index (χ4v) is 2.80. The van der Waals surface area contributed by atoms with Crippen molar-refractivity contribution in [2.75, 3.05) is 40.0 Å². The maximum absolute atomic E-state index is 12.3. The summed E-state index contributed by atoms with van der Waals surface area (Å²) in [5.41, 5.74) is 0. The fourth-order valence-electron chi connectivity index (χ4n) is 2.80. The average Bonchev–Trinajstić information content (AvgIpc) is 2.66. The van der Waals surface area contributed by atoms with Crippen LogP contribution in [0.4, 0.5) is 0 Å². The Balaban J connectivity index is 1.68. The van der Waals surface area contributed by atoms with Gasteiger partial charge in [0.2, 0.25) is 5.91 Å². The number of likely N-dealkylation sites (tertiary alicyclic amines) is 1. The highest BCUT2D eigenvalue weighted by molar-refractivity contribution is 5.78. The first kappa shape index (κ1) is 20.0. The van der Waals surface area contributed by atoms with E-state index in [9.17, 15) is 9.59 Å². The van der Waals surface area contributed by atoms with Gasteiger partial charge >= 0.3 is 0 Å². The molecule has 7 heteroatoms. The Morgan fingerprint density at radius 2 is 1.73 bits per heavy atom. The summed E-state index contributed by atoms with van der Waals surface area (Å²) in [6, 6.07) is 7.35. The van der Waals surface area contributed by atoms with Crippen molar-refractivity contribution in [1.29, 1.82) is 0 Å². The smallest absolute Gasteiger partial charge is 0.260 e. The Morgan fingerprint density at radius 1 is 1.12 bits per heavy atom. The molecule has 1 aliphatic heterocycles. The van der Waals surface area contributed by atoms with Gasteiger partial charge in [-0.05, 0) is 44.0 Å². The third-order valence-electron chi connectivity index (χ3n) is 4.24. The molecule has 1 aromatic rings. The summed E-state index contributed by atoms with van der Waals surface area (Å²) in [5.74, 6) is 1.38. The summed E-state index contributed by atoms with van der Waals surface area (Å²) < 4.78 is 15.8. The Kier molecular flexibility index (Phi) is 8.21. The molecule has 0 spiro atoms. The average molecular weight is 364 g/mol. The van der Waals surface area contributed by atoms with Crippen LogP contribution in [0.15, 0.2) is 24.3 Å². The zero-order valence-electron chi connectivity index (χ0n) is 15.5. The molecular weight excluding hydrogens is 336 g/mol. The zero-order valence-corrected chi connectivity index (χ0v) is 15.5. The quantitative estimate of drug-likeness (QED) is 0.720. The number of ether oxygens (including phenoxy) is 3. The van der Waals surface area contributed by atoms with E-state index in [0.29, 0.717) is 38.5 Å². The minimum atomic E-state index is -0.0388. The van der Waals surface area contributed by atoms with Crippen LogP contribution in [0.25, 0.3) is 0 Å². The molecule has 26 heavy (non-hydrogen) atoms. The molecule has 0 aromatic heterocycles. The second-order valence-electron chi connectivity index (χ2n) is 6.16. The molecule has 1 saturated heterocycles. The molecule has 0 atom stereocenters. The number of nitrogens with one attached hydrogen (secondary N) is 1. The van der Waals surface area contributed by atoms with Gasteiger partial charge in [0.1, 0.15) is 11.5 Å². The van der Waals surface area contributed by atoms with Crippen LogP contribution in [0.1, 0.15) is 26.2 Å². The summed E-state index contributed by atoms with van der Waals surface area (Å²) in [6.45, 7) is 4.23. The maximum atomic E-state index is 12.3. The van der Waals surface area contributed by atoms with E-state index in [1.165, 1.54) is 0 Å². The summed E-state index contributed by atoms with van der Waals surface area (Å²) in [7, 11) is 1.58. The molecule has 1 heterocycles. The van der Waals surface area contributed by atoms with Crippen LogP contribution < -0.4 is 14.8 Å². The number of carbonyl (C=O) groups excluding carboxylic acids is 2. The molecule has 2 rings (SSSR count). The molecular formula is C19H28N2O5. The summed E-state index contributed by atoms with van der Waals surface area (Å²) in [4.78, 5) is 25.8. The number of nitrogens with zero attached hydrogens (tertiary/aromatic N) is 1. The van der Waals surface area contributed by atoms with Crippen molar-refractivity contribution in [3.8, 4) is 11.5 Å². The normalized spacial score (nSPS) is 14.8. The number of rotatable bonds is 9. The van der Waals surface area contributed by atoms with Gasteiger partial charge in [-0.3, -0.25) is 9.59 Å². The molecule has 0 unspecified atom stereocenters. The first-order chi connectivity index (χ1) is 12.6. The third-order valence-corrected chi connectivity index (χ3v) is 4.24. The van der Waals surface area contributed by atoms with Gasteiger partial charge < -0.3 is 24.4 Å². The zero-order chi connectivity index (χ0) is 18.8. The van der Waals surface area contributed by atoms with Crippen LogP contribution in [0.5, 0.6) is 11.5 Å². The first-order valence-corrected chi connectivity index (χ1v) is 9.04. The lowest BCUT2D eigenvalue weighted by Crippen LogP contribution is -2.47. The molecule has 1 N–H and O–H groups in total. The lowest BCUT2D eigenvalue weighted by molar-refractivity contribution is -0.134. The van der Waals surface area contributed by atoms with Crippen molar-refractivity contribution >= 4 is 11.8 Å². The predicted octanol–water partition coefficient (Wildman–Crippen LogP) is 1.61. The molecule has 0 saturated carbocycles. The van der Waals surface area contributed by atoms with E-state index in [1.807, 2.05) is 19.1 Å². The molecule has 7 nitrogen and oxygen atoms in total. The van der Waals surface area contributed by atoms with E-state index < -0.39 is 0 Å². The predicted molar refractivity (Wildman–Crippen MR) is 97.3 cm³/mol. The van der Waals surface area contributed by atoms with Crippen LogP contribution in [0.2, 0.25) is 0 Å². The van der Waals surface area contributed by atoms with Gasteiger partial charge in [-0.25, -0.2) is 0 Å². The van der Waals surface area contributed by atoms with E-state index in [2.05, 4.69) is 5.32 Å². The SMILES string of the molecule is CCOc1ccc(OCC(=O)N2CCC(NC(=O)CCOC)CC2)cc1. The van der Waals surface area contributed by atoms with Crippen molar-refractivity contribution in [3.63, 3.8) is 0 Å². The summed E-state index contributed by atoms with van der Waals surface area (Å²) in [6.07, 6.45) is 1.88. The Labute approximate surface area is 154 Å². The van der Waals surface area contributed by atoms with Gasteiger partial charge in [0, 0.05) is 32.7 Å². The van der Waals surface area contributed by atoms with E-state index in [4.69, 9.17) is 14.2 Å². The number of hydrogen-bond acceptors (Lipinski definition) is 5. The largest absolute Gasteiger partial charge is 0.494 e. The minimum absolute atomic E-state index is 0.00420. The lowest BCUT2D eigenvalue weighted by Gasteiger charge is -2.32. The standard InChI is InChI=1S/C19H28N2O5/c1-3-25-16-4-6-17(7-5-16)26-14-19(23)21-11-8-15(9-12-21)20-18(22)10-13-24-2/h4-7,15H,3,8-14H2,1-2H3,(H,20,22). The van der Waals surface area contributed by atoms with Crippen LogP contribution >= 0.6 is 0 Å². The molecule has 0 bridgehead atoms. The van der Waals surface area contributed by atoms with Gasteiger partial charge in [0.25, 0.3) is 5.91 Å². The third kappa shape index (κ3) is 6.55. The summed E-state index contributed by atoms with van der Waals surface area (Å²) >= 11 is 0. The lowest BCUT2D eigenvalue weighted by atomic mass is 10.0. The maximum Gasteiger partial charge on any atom is 0.260 e. The van der Waals surface area contributed by atoms with Gasteiger partial charge in [-0.1, -0.05) is 0 Å². The van der Waals surface area contributed by atoms with Crippen LogP contribution in [-0.2, 0) is 14.3 Å². The molecule has 1 fully saturated rings. The van der Waals surface area contributed by atoms with E-state index >= 15 is 0 Å². The molecule has 2 amide bonds. The number of methoxy groups -OCH3 is 1. The fraction of sp³-hybridized carbons (Fsp3) is 0.579. The Morgan fingerprint density at radius 3 is 2.31 bits per heavy atom. The topological polar surface area (TPSA) is 77.1 Å². The molecule has 0 radical (unpaired) electrons. The highest BCUT2D eigenvalue weighted by Gasteiger charge is 2.23. The molecule has 1 aromatic carbocycles. The first-order valence-electron chi connectivity index (χ1n) is 9.04. The second-order valence-corrected chi connectivity index (χ2v) is 6.16. The Hall–Kier alpha value is -2.28. The number of piperidine rings is 1. The van der Waals surface area contributed by atoms with E-state index in [0.717, 1.165) is 18.6 Å². The number of benzene rings is 1. The molecule has 1 aliphatic rings. The molecule has 0 aliphatic carbocycles. The number of amides is 2. The van der Waals surface area contributed by atoms with Gasteiger partial charge in [0.05, 0.1) is 13.2 Å². The van der Waals surface area contributed by atoms with Gasteiger partial charge in [-0.2, -0.15) is 0 Å². The van der Waals surface area contributed by atoms with Crippen molar-refractivity contribution in [2.45, 2.75) is 32.2 Å². The highest BCUT2D eigenvalue weighted by Crippen LogP contribution is 2.18. The Bertz CT molecular complexity index is 568. The van der Waals surface area contributed by atoms with Crippen LogP contribution in [-0.4, -0.2) is 62.8 Å². The van der Waals surface area contributed by atoms with Crippen molar-refractivity contribution < 1.29 is 23.8 Å². The van der Waals surface area contributed by atoms with Gasteiger partial charge in [0.15, 0.2) is 6.61 Å². The second kappa shape index (κ2) is 10.7.